The normalized spacial score (nSPS) is 12.1. The molecule has 0 aliphatic heterocycles. The lowest BCUT2D eigenvalue weighted by atomic mass is 10.1. The highest BCUT2D eigenvalue weighted by molar-refractivity contribution is 6.29. The number of nitrogens with one attached hydrogen (secondary N) is 1. The molecule has 0 fully saturated rings. The van der Waals surface area contributed by atoms with E-state index in [4.69, 9.17) is 11.6 Å². The zero-order chi connectivity index (χ0) is 11.4. The van der Waals surface area contributed by atoms with Gasteiger partial charge in [0, 0.05) is 18.5 Å². The molecule has 0 aliphatic rings. The highest BCUT2D eigenvalue weighted by Gasteiger charge is 2.05. The average Bonchev–Trinajstić information content (AvgIpc) is 2.30. The van der Waals surface area contributed by atoms with Gasteiger partial charge in [0.1, 0.15) is 17.3 Å². The lowest BCUT2D eigenvalue weighted by Crippen LogP contribution is -2.08. The molecule has 0 radical (unpaired) electrons. The molecule has 1 unspecified atom stereocenters. The smallest absolute Gasteiger partial charge is 0.134 e. The standard InChI is InChI=1S/C11H11ClN4/c1-8(9-3-2-4-13-6-9)16-11-5-10(12)14-7-15-11/h2-8H,1H3,(H,14,15,16). The summed E-state index contributed by atoms with van der Waals surface area (Å²) in [6.45, 7) is 2.03. The predicted octanol–water partition coefficient (Wildman–Crippen LogP) is 2.70. The van der Waals surface area contributed by atoms with Crippen LogP contribution in [-0.4, -0.2) is 15.0 Å². The summed E-state index contributed by atoms with van der Waals surface area (Å²) in [5.41, 5.74) is 1.09. The predicted molar refractivity (Wildman–Crippen MR) is 63.3 cm³/mol. The lowest BCUT2D eigenvalue weighted by molar-refractivity contribution is 0.864. The fraction of sp³-hybridized carbons (Fsp3) is 0.182. The SMILES string of the molecule is CC(Nc1cc(Cl)ncn1)c1cccnc1. The molecule has 1 atom stereocenters. The van der Waals surface area contributed by atoms with Gasteiger partial charge in [-0.05, 0) is 18.6 Å². The second-order valence-corrected chi connectivity index (χ2v) is 3.77. The minimum Gasteiger partial charge on any atom is -0.363 e. The maximum absolute atomic E-state index is 5.77. The Labute approximate surface area is 98.7 Å². The summed E-state index contributed by atoms with van der Waals surface area (Å²) in [6.07, 6.45) is 5.00. The van der Waals surface area contributed by atoms with Gasteiger partial charge in [-0.15, -0.1) is 0 Å². The van der Waals surface area contributed by atoms with E-state index in [2.05, 4.69) is 20.3 Å². The van der Waals surface area contributed by atoms with E-state index in [-0.39, 0.29) is 6.04 Å². The molecule has 0 aromatic carbocycles. The van der Waals surface area contributed by atoms with Gasteiger partial charge >= 0.3 is 0 Å². The van der Waals surface area contributed by atoms with Crippen LogP contribution in [0.15, 0.2) is 36.9 Å². The molecule has 16 heavy (non-hydrogen) atoms. The van der Waals surface area contributed by atoms with Crippen LogP contribution in [0.1, 0.15) is 18.5 Å². The van der Waals surface area contributed by atoms with Crippen LogP contribution in [0.3, 0.4) is 0 Å². The molecule has 0 saturated heterocycles. The second-order valence-electron chi connectivity index (χ2n) is 3.38. The molecule has 4 nitrogen and oxygen atoms in total. The molecule has 1 N–H and O–H groups in total. The maximum atomic E-state index is 5.77. The minimum absolute atomic E-state index is 0.125. The Morgan fingerprint density at radius 1 is 1.38 bits per heavy atom. The van der Waals surface area contributed by atoms with Crippen LogP contribution in [0.5, 0.6) is 0 Å². The van der Waals surface area contributed by atoms with E-state index in [1.807, 2.05) is 25.3 Å². The van der Waals surface area contributed by atoms with E-state index in [1.54, 1.807) is 12.3 Å². The summed E-state index contributed by atoms with van der Waals surface area (Å²) in [5, 5.41) is 3.65. The van der Waals surface area contributed by atoms with Crippen molar-refractivity contribution in [3.8, 4) is 0 Å². The molecule has 2 aromatic rings. The number of aromatic nitrogens is 3. The van der Waals surface area contributed by atoms with Crippen LogP contribution < -0.4 is 5.32 Å². The molecular weight excluding hydrogens is 224 g/mol. The van der Waals surface area contributed by atoms with Gasteiger partial charge in [0.05, 0.1) is 6.04 Å². The largest absolute Gasteiger partial charge is 0.363 e. The van der Waals surface area contributed by atoms with Crippen molar-refractivity contribution < 1.29 is 0 Å². The zero-order valence-electron chi connectivity index (χ0n) is 8.76. The molecular formula is C11H11ClN4. The molecule has 0 saturated carbocycles. The van der Waals surface area contributed by atoms with E-state index in [0.29, 0.717) is 11.0 Å². The quantitative estimate of drug-likeness (QED) is 0.830. The van der Waals surface area contributed by atoms with Crippen LogP contribution >= 0.6 is 11.6 Å². The summed E-state index contributed by atoms with van der Waals surface area (Å²) in [4.78, 5) is 12.0. The number of rotatable bonds is 3. The molecule has 0 amide bonds. The Bertz CT molecular complexity index is 461. The summed E-state index contributed by atoms with van der Waals surface area (Å²) < 4.78 is 0. The van der Waals surface area contributed by atoms with Crippen LogP contribution in [-0.2, 0) is 0 Å². The third kappa shape index (κ3) is 2.67. The number of anilines is 1. The van der Waals surface area contributed by atoms with Gasteiger partial charge < -0.3 is 5.32 Å². The number of nitrogens with zero attached hydrogens (tertiary/aromatic N) is 3. The van der Waals surface area contributed by atoms with Gasteiger partial charge in [-0.3, -0.25) is 4.98 Å². The van der Waals surface area contributed by atoms with Crippen LogP contribution in [0, 0.1) is 0 Å². The molecule has 2 aromatic heterocycles. The van der Waals surface area contributed by atoms with Crippen molar-refractivity contribution >= 4 is 17.4 Å². The summed E-state index contributed by atoms with van der Waals surface area (Å²) in [7, 11) is 0. The highest BCUT2D eigenvalue weighted by atomic mass is 35.5. The van der Waals surface area contributed by atoms with Crippen LogP contribution in [0.4, 0.5) is 5.82 Å². The van der Waals surface area contributed by atoms with Crippen molar-refractivity contribution in [1.29, 1.82) is 0 Å². The second kappa shape index (κ2) is 4.90. The first-order chi connectivity index (χ1) is 7.75. The first kappa shape index (κ1) is 10.8. The van der Waals surface area contributed by atoms with E-state index in [1.165, 1.54) is 6.33 Å². The molecule has 0 spiro atoms. The molecule has 2 rings (SSSR count). The van der Waals surface area contributed by atoms with Crippen LogP contribution in [0.2, 0.25) is 5.15 Å². The number of pyridine rings is 1. The van der Waals surface area contributed by atoms with Gasteiger partial charge in [0.2, 0.25) is 0 Å². The van der Waals surface area contributed by atoms with Gasteiger partial charge in [0.25, 0.3) is 0 Å². The third-order valence-corrected chi connectivity index (χ3v) is 2.39. The molecule has 0 bridgehead atoms. The van der Waals surface area contributed by atoms with E-state index >= 15 is 0 Å². The molecule has 0 aliphatic carbocycles. The maximum Gasteiger partial charge on any atom is 0.134 e. The molecule has 5 heteroatoms. The Morgan fingerprint density at radius 3 is 2.94 bits per heavy atom. The van der Waals surface area contributed by atoms with Crippen molar-refractivity contribution in [1.82, 2.24) is 15.0 Å². The van der Waals surface area contributed by atoms with Crippen molar-refractivity contribution in [3.05, 3.63) is 47.6 Å². The minimum atomic E-state index is 0.125. The van der Waals surface area contributed by atoms with Gasteiger partial charge in [0.15, 0.2) is 0 Å². The van der Waals surface area contributed by atoms with Crippen molar-refractivity contribution in [3.63, 3.8) is 0 Å². The molecule has 82 valence electrons. The van der Waals surface area contributed by atoms with Gasteiger partial charge in [-0.1, -0.05) is 17.7 Å². The van der Waals surface area contributed by atoms with Gasteiger partial charge in [-0.2, -0.15) is 0 Å². The van der Waals surface area contributed by atoms with E-state index < -0.39 is 0 Å². The third-order valence-electron chi connectivity index (χ3n) is 2.18. The van der Waals surface area contributed by atoms with E-state index in [9.17, 15) is 0 Å². The fourth-order valence-corrected chi connectivity index (χ4v) is 1.50. The summed E-state index contributed by atoms with van der Waals surface area (Å²) in [5.74, 6) is 0.705. The highest BCUT2D eigenvalue weighted by Crippen LogP contribution is 2.17. The Kier molecular flexibility index (Phi) is 3.31. The monoisotopic (exact) mass is 234 g/mol. The van der Waals surface area contributed by atoms with E-state index in [0.717, 1.165) is 5.56 Å². The zero-order valence-corrected chi connectivity index (χ0v) is 9.52. The Hall–Kier alpha value is -1.68. The first-order valence-electron chi connectivity index (χ1n) is 4.90. The Morgan fingerprint density at radius 2 is 2.25 bits per heavy atom. The van der Waals surface area contributed by atoms with Gasteiger partial charge in [-0.25, -0.2) is 9.97 Å². The van der Waals surface area contributed by atoms with Crippen LogP contribution in [0.25, 0.3) is 0 Å². The number of hydrogen-bond acceptors (Lipinski definition) is 4. The summed E-state index contributed by atoms with van der Waals surface area (Å²) >= 11 is 5.77. The van der Waals surface area contributed by atoms with Crippen molar-refractivity contribution in [2.45, 2.75) is 13.0 Å². The molecule has 2 heterocycles. The van der Waals surface area contributed by atoms with Crippen molar-refractivity contribution in [2.75, 3.05) is 5.32 Å². The summed E-state index contributed by atoms with van der Waals surface area (Å²) in [6, 6.07) is 5.72. The lowest BCUT2D eigenvalue weighted by Gasteiger charge is -2.14. The Balaban J connectivity index is 2.11. The van der Waals surface area contributed by atoms with Crippen molar-refractivity contribution in [2.24, 2.45) is 0 Å². The average molecular weight is 235 g/mol. The number of hydrogen-bond donors (Lipinski definition) is 1. The fourth-order valence-electron chi connectivity index (χ4n) is 1.35. The number of halogens is 1. The first-order valence-corrected chi connectivity index (χ1v) is 5.27. The topological polar surface area (TPSA) is 50.7 Å².